The third-order valence-corrected chi connectivity index (χ3v) is 2.38. The SMILES string of the molecule is COc1cc(Nc2nc(N)nc(OC(C)C)n2)ccc1F. The number of nitrogens with zero attached hydrogens (tertiary/aromatic N) is 3. The number of hydrogen-bond donors (Lipinski definition) is 2. The van der Waals surface area contributed by atoms with Crippen molar-refractivity contribution in [2.75, 3.05) is 18.2 Å². The Morgan fingerprint density at radius 3 is 2.67 bits per heavy atom. The molecule has 0 aliphatic carbocycles. The summed E-state index contributed by atoms with van der Waals surface area (Å²) in [5.41, 5.74) is 6.15. The van der Waals surface area contributed by atoms with Gasteiger partial charge in [-0.2, -0.15) is 15.0 Å². The quantitative estimate of drug-likeness (QED) is 0.871. The summed E-state index contributed by atoms with van der Waals surface area (Å²) in [5.74, 6) is -0.119. The molecule has 0 saturated carbocycles. The number of nitrogen functional groups attached to an aromatic ring is 1. The Bertz CT molecular complexity index is 636. The van der Waals surface area contributed by atoms with Crippen molar-refractivity contribution < 1.29 is 13.9 Å². The van der Waals surface area contributed by atoms with E-state index in [9.17, 15) is 4.39 Å². The van der Waals surface area contributed by atoms with Crippen molar-refractivity contribution >= 4 is 17.6 Å². The Hall–Kier alpha value is -2.64. The van der Waals surface area contributed by atoms with Gasteiger partial charge in [0.05, 0.1) is 13.2 Å². The lowest BCUT2D eigenvalue weighted by atomic mass is 10.3. The normalized spacial score (nSPS) is 10.5. The van der Waals surface area contributed by atoms with Gasteiger partial charge in [-0.1, -0.05) is 0 Å². The fraction of sp³-hybridized carbons (Fsp3) is 0.308. The molecular weight excluding hydrogens is 277 g/mol. The van der Waals surface area contributed by atoms with Crippen LogP contribution in [0.15, 0.2) is 18.2 Å². The van der Waals surface area contributed by atoms with Crippen LogP contribution in [0, 0.1) is 5.82 Å². The van der Waals surface area contributed by atoms with Crippen LogP contribution in [-0.2, 0) is 0 Å². The number of rotatable bonds is 5. The number of methoxy groups -OCH3 is 1. The highest BCUT2D eigenvalue weighted by Gasteiger charge is 2.09. The maximum atomic E-state index is 13.3. The molecule has 3 N–H and O–H groups in total. The second kappa shape index (κ2) is 6.21. The molecule has 1 heterocycles. The monoisotopic (exact) mass is 293 g/mol. The number of nitrogens with two attached hydrogens (primary N) is 1. The van der Waals surface area contributed by atoms with Gasteiger partial charge in [-0.3, -0.25) is 0 Å². The smallest absolute Gasteiger partial charge is 0.323 e. The summed E-state index contributed by atoms with van der Waals surface area (Å²) in [6.45, 7) is 3.69. The molecule has 0 spiro atoms. The molecule has 112 valence electrons. The number of benzene rings is 1. The van der Waals surface area contributed by atoms with Gasteiger partial charge in [0.2, 0.25) is 11.9 Å². The van der Waals surface area contributed by atoms with Crippen LogP contribution in [0.1, 0.15) is 13.8 Å². The Morgan fingerprint density at radius 1 is 1.24 bits per heavy atom. The average molecular weight is 293 g/mol. The van der Waals surface area contributed by atoms with E-state index in [0.717, 1.165) is 0 Å². The second-order valence-corrected chi connectivity index (χ2v) is 4.44. The van der Waals surface area contributed by atoms with Crippen LogP contribution < -0.4 is 20.5 Å². The van der Waals surface area contributed by atoms with Crippen LogP contribution in [0.2, 0.25) is 0 Å². The molecule has 0 bridgehead atoms. The van der Waals surface area contributed by atoms with Gasteiger partial charge in [-0.05, 0) is 26.0 Å². The zero-order valence-electron chi connectivity index (χ0n) is 11.9. The standard InChI is InChI=1S/C13H16FN5O2/c1-7(2)21-13-18-11(15)17-12(19-13)16-8-4-5-9(14)10(6-8)20-3/h4-7H,1-3H3,(H3,15,16,17,18,19). The van der Waals surface area contributed by atoms with Crippen LogP contribution in [0.5, 0.6) is 11.8 Å². The predicted octanol–water partition coefficient (Wildman–Crippen LogP) is 2.13. The second-order valence-electron chi connectivity index (χ2n) is 4.44. The summed E-state index contributed by atoms with van der Waals surface area (Å²) >= 11 is 0. The summed E-state index contributed by atoms with van der Waals surface area (Å²) in [6, 6.07) is 4.41. The third kappa shape index (κ3) is 3.91. The number of aromatic nitrogens is 3. The van der Waals surface area contributed by atoms with Crippen LogP contribution in [0.3, 0.4) is 0 Å². The van der Waals surface area contributed by atoms with Gasteiger partial charge in [0.1, 0.15) is 0 Å². The van der Waals surface area contributed by atoms with Crippen molar-refractivity contribution in [1.29, 1.82) is 0 Å². The molecule has 1 aromatic carbocycles. The lowest BCUT2D eigenvalue weighted by Crippen LogP contribution is -2.11. The molecule has 0 fully saturated rings. The molecule has 0 radical (unpaired) electrons. The van der Waals surface area contributed by atoms with Crippen LogP contribution in [0.25, 0.3) is 0 Å². The first-order chi connectivity index (χ1) is 9.97. The van der Waals surface area contributed by atoms with Crippen LogP contribution >= 0.6 is 0 Å². The van der Waals surface area contributed by atoms with Crippen molar-refractivity contribution in [3.63, 3.8) is 0 Å². The molecule has 7 nitrogen and oxygen atoms in total. The Balaban J connectivity index is 2.24. The molecule has 2 rings (SSSR count). The molecule has 21 heavy (non-hydrogen) atoms. The van der Waals surface area contributed by atoms with E-state index in [-0.39, 0.29) is 29.8 Å². The average Bonchev–Trinajstić information content (AvgIpc) is 2.39. The first kappa shape index (κ1) is 14.8. The Labute approximate surface area is 121 Å². The van der Waals surface area contributed by atoms with Crippen molar-refractivity contribution in [3.05, 3.63) is 24.0 Å². The van der Waals surface area contributed by atoms with Crippen molar-refractivity contribution in [3.8, 4) is 11.8 Å². The summed E-state index contributed by atoms with van der Waals surface area (Å²) < 4.78 is 23.6. The lowest BCUT2D eigenvalue weighted by molar-refractivity contribution is 0.222. The molecule has 8 heteroatoms. The number of anilines is 3. The van der Waals surface area contributed by atoms with Crippen LogP contribution in [0.4, 0.5) is 22.0 Å². The zero-order valence-corrected chi connectivity index (χ0v) is 11.9. The minimum atomic E-state index is -0.456. The largest absolute Gasteiger partial charge is 0.494 e. The number of nitrogens with one attached hydrogen (secondary N) is 1. The molecule has 0 saturated heterocycles. The van der Waals surface area contributed by atoms with Gasteiger partial charge in [0.15, 0.2) is 11.6 Å². The van der Waals surface area contributed by atoms with Gasteiger partial charge in [0, 0.05) is 11.8 Å². The first-order valence-electron chi connectivity index (χ1n) is 6.26. The number of hydrogen-bond acceptors (Lipinski definition) is 7. The van der Waals surface area contributed by atoms with E-state index in [1.165, 1.54) is 25.3 Å². The predicted molar refractivity (Wildman–Crippen MR) is 76.2 cm³/mol. The summed E-state index contributed by atoms with van der Waals surface area (Å²) in [4.78, 5) is 11.9. The van der Waals surface area contributed by atoms with E-state index in [2.05, 4.69) is 20.3 Å². The molecule has 1 aromatic heterocycles. The molecular formula is C13H16FN5O2. The van der Waals surface area contributed by atoms with Gasteiger partial charge < -0.3 is 20.5 Å². The summed E-state index contributed by atoms with van der Waals surface area (Å²) in [6.07, 6.45) is -0.0921. The highest BCUT2D eigenvalue weighted by atomic mass is 19.1. The Kier molecular flexibility index (Phi) is 4.36. The maximum absolute atomic E-state index is 13.3. The van der Waals surface area contributed by atoms with Gasteiger partial charge in [-0.25, -0.2) is 4.39 Å². The van der Waals surface area contributed by atoms with Crippen molar-refractivity contribution in [2.24, 2.45) is 0 Å². The highest BCUT2D eigenvalue weighted by molar-refractivity contribution is 5.56. The minimum Gasteiger partial charge on any atom is -0.494 e. The zero-order chi connectivity index (χ0) is 15.4. The van der Waals surface area contributed by atoms with E-state index in [1.807, 2.05) is 13.8 Å². The van der Waals surface area contributed by atoms with E-state index >= 15 is 0 Å². The molecule has 2 aromatic rings. The minimum absolute atomic E-state index is 0.0252. The summed E-state index contributed by atoms with van der Waals surface area (Å²) in [7, 11) is 1.39. The van der Waals surface area contributed by atoms with E-state index in [4.69, 9.17) is 15.2 Å². The van der Waals surface area contributed by atoms with E-state index in [1.54, 1.807) is 0 Å². The summed E-state index contributed by atoms with van der Waals surface area (Å²) in [5, 5.41) is 2.89. The van der Waals surface area contributed by atoms with Gasteiger partial charge in [-0.15, -0.1) is 0 Å². The van der Waals surface area contributed by atoms with Gasteiger partial charge in [0.25, 0.3) is 0 Å². The number of halogens is 1. The Morgan fingerprint density at radius 2 is 2.00 bits per heavy atom. The highest BCUT2D eigenvalue weighted by Crippen LogP contribution is 2.23. The lowest BCUT2D eigenvalue weighted by Gasteiger charge is -2.11. The van der Waals surface area contributed by atoms with Crippen molar-refractivity contribution in [1.82, 2.24) is 15.0 Å². The van der Waals surface area contributed by atoms with Gasteiger partial charge >= 0.3 is 6.01 Å². The van der Waals surface area contributed by atoms with E-state index in [0.29, 0.717) is 5.69 Å². The topological polar surface area (TPSA) is 95.2 Å². The maximum Gasteiger partial charge on any atom is 0.323 e. The molecule has 0 aliphatic heterocycles. The number of ether oxygens (including phenoxy) is 2. The molecule has 0 amide bonds. The van der Waals surface area contributed by atoms with Crippen LogP contribution in [-0.4, -0.2) is 28.2 Å². The third-order valence-electron chi connectivity index (χ3n) is 2.38. The molecule has 0 aliphatic rings. The fourth-order valence-corrected chi connectivity index (χ4v) is 1.56. The molecule has 0 unspecified atom stereocenters. The van der Waals surface area contributed by atoms with E-state index < -0.39 is 5.82 Å². The molecule has 0 atom stereocenters. The van der Waals surface area contributed by atoms with Crippen molar-refractivity contribution in [2.45, 2.75) is 20.0 Å². The first-order valence-corrected chi connectivity index (χ1v) is 6.26. The fourth-order valence-electron chi connectivity index (χ4n) is 1.56.